The fourth-order valence-electron chi connectivity index (χ4n) is 2.05. The quantitative estimate of drug-likeness (QED) is 0.820. The molecule has 0 amide bonds. The molecule has 0 atom stereocenters. The van der Waals surface area contributed by atoms with Crippen LogP contribution in [0, 0.1) is 6.92 Å². The summed E-state index contributed by atoms with van der Waals surface area (Å²) in [6, 6.07) is 7.30. The number of benzene rings is 1. The molecule has 0 spiro atoms. The molecule has 0 unspecified atom stereocenters. The maximum Gasteiger partial charge on any atom is 0.104 e. The summed E-state index contributed by atoms with van der Waals surface area (Å²) in [6.07, 6.45) is 3.82. The minimum atomic E-state index is 0.804. The van der Waals surface area contributed by atoms with Gasteiger partial charge in [0, 0.05) is 6.04 Å². The molecule has 1 aliphatic rings. The number of rotatable bonds is 4. The van der Waals surface area contributed by atoms with Crippen LogP contribution >= 0.6 is 0 Å². The van der Waals surface area contributed by atoms with Gasteiger partial charge in [-0.15, -0.1) is 0 Å². The van der Waals surface area contributed by atoms with Crippen LogP contribution in [-0.2, 0) is 6.42 Å². The highest BCUT2D eigenvalue weighted by Crippen LogP contribution is 2.18. The van der Waals surface area contributed by atoms with E-state index in [1.54, 1.807) is 0 Å². The van der Waals surface area contributed by atoms with Gasteiger partial charge in [-0.25, -0.2) is 4.98 Å². The molecule has 3 rings (SSSR count). The summed E-state index contributed by atoms with van der Waals surface area (Å²) in [5.41, 5.74) is 3.60. The summed E-state index contributed by atoms with van der Waals surface area (Å²) < 4.78 is 0. The van der Waals surface area contributed by atoms with Crippen LogP contribution in [0.1, 0.15) is 24.2 Å². The first-order valence-corrected chi connectivity index (χ1v) is 6.00. The molecule has 3 nitrogen and oxygen atoms in total. The Labute approximate surface area is 95.3 Å². The van der Waals surface area contributed by atoms with E-state index in [9.17, 15) is 0 Å². The lowest BCUT2D eigenvalue weighted by molar-refractivity contribution is 0.682. The van der Waals surface area contributed by atoms with E-state index in [1.165, 1.54) is 18.4 Å². The van der Waals surface area contributed by atoms with Crippen molar-refractivity contribution in [1.82, 2.24) is 15.3 Å². The van der Waals surface area contributed by atoms with Gasteiger partial charge >= 0.3 is 0 Å². The van der Waals surface area contributed by atoms with Gasteiger partial charge in [-0.1, -0.05) is 6.07 Å². The second kappa shape index (κ2) is 3.91. The number of hydrogen-bond acceptors (Lipinski definition) is 2. The van der Waals surface area contributed by atoms with Crippen LogP contribution in [0.5, 0.6) is 0 Å². The van der Waals surface area contributed by atoms with Gasteiger partial charge in [-0.3, -0.25) is 0 Å². The lowest BCUT2D eigenvalue weighted by atomic mass is 10.1. The fourth-order valence-corrected chi connectivity index (χ4v) is 2.05. The molecule has 1 aromatic carbocycles. The Morgan fingerprint density at radius 3 is 3.12 bits per heavy atom. The number of aromatic amines is 1. The Kier molecular flexibility index (Phi) is 2.40. The van der Waals surface area contributed by atoms with Crippen molar-refractivity contribution in [2.24, 2.45) is 0 Å². The predicted molar refractivity (Wildman–Crippen MR) is 65.6 cm³/mol. The number of H-pyrrole nitrogens is 1. The van der Waals surface area contributed by atoms with E-state index < -0.39 is 0 Å². The van der Waals surface area contributed by atoms with Gasteiger partial charge in [-0.2, -0.15) is 0 Å². The number of nitrogens with one attached hydrogen (secondary N) is 2. The van der Waals surface area contributed by atoms with E-state index in [0.29, 0.717) is 0 Å². The Morgan fingerprint density at radius 2 is 2.31 bits per heavy atom. The van der Waals surface area contributed by atoms with Crippen molar-refractivity contribution < 1.29 is 0 Å². The zero-order chi connectivity index (χ0) is 11.0. The molecule has 1 fully saturated rings. The lowest BCUT2D eigenvalue weighted by Crippen LogP contribution is -2.19. The number of nitrogens with zero attached hydrogens (tertiary/aromatic N) is 1. The molecule has 2 aromatic rings. The van der Waals surface area contributed by atoms with Crippen molar-refractivity contribution in [2.75, 3.05) is 6.54 Å². The minimum absolute atomic E-state index is 0.804. The molecule has 84 valence electrons. The third-order valence-electron chi connectivity index (χ3n) is 3.09. The van der Waals surface area contributed by atoms with E-state index in [0.717, 1.165) is 35.9 Å². The second-order valence-electron chi connectivity index (χ2n) is 4.65. The standard InChI is InChI=1S/C13H17N3/c1-9-15-12-5-2-10(8-13(12)16-9)6-7-14-11-3-4-11/h2,5,8,11,14H,3-4,6-7H2,1H3,(H,15,16). The molecule has 1 heterocycles. The molecule has 0 aliphatic heterocycles. The van der Waals surface area contributed by atoms with Gasteiger partial charge < -0.3 is 10.3 Å². The number of hydrogen-bond donors (Lipinski definition) is 2. The molecule has 16 heavy (non-hydrogen) atoms. The third-order valence-corrected chi connectivity index (χ3v) is 3.09. The highest BCUT2D eigenvalue weighted by Gasteiger charge is 2.19. The largest absolute Gasteiger partial charge is 0.342 e. The van der Waals surface area contributed by atoms with E-state index in [4.69, 9.17) is 0 Å². The SMILES string of the molecule is Cc1nc2ccc(CCNC3CC3)cc2[nH]1. The molecule has 1 saturated carbocycles. The molecular weight excluding hydrogens is 198 g/mol. The van der Waals surface area contributed by atoms with Crippen LogP contribution in [0.25, 0.3) is 11.0 Å². The molecule has 3 heteroatoms. The number of aromatic nitrogens is 2. The van der Waals surface area contributed by atoms with Crippen molar-refractivity contribution in [1.29, 1.82) is 0 Å². The molecule has 2 N–H and O–H groups in total. The molecular formula is C13H17N3. The number of fused-ring (bicyclic) bond motifs is 1. The maximum atomic E-state index is 4.40. The lowest BCUT2D eigenvalue weighted by Gasteiger charge is -2.02. The summed E-state index contributed by atoms with van der Waals surface area (Å²) in [5, 5.41) is 3.53. The van der Waals surface area contributed by atoms with E-state index in [-0.39, 0.29) is 0 Å². The second-order valence-corrected chi connectivity index (χ2v) is 4.65. The fraction of sp³-hybridized carbons (Fsp3) is 0.462. The zero-order valence-corrected chi connectivity index (χ0v) is 9.59. The van der Waals surface area contributed by atoms with Gasteiger partial charge in [-0.05, 0) is 50.4 Å². The van der Waals surface area contributed by atoms with Gasteiger partial charge in [0.2, 0.25) is 0 Å². The van der Waals surface area contributed by atoms with Crippen molar-refractivity contribution in [3.63, 3.8) is 0 Å². The van der Waals surface area contributed by atoms with Gasteiger partial charge in [0.25, 0.3) is 0 Å². The van der Waals surface area contributed by atoms with Gasteiger partial charge in [0.1, 0.15) is 5.82 Å². The monoisotopic (exact) mass is 215 g/mol. The average Bonchev–Trinajstić information content (AvgIpc) is 2.99. The Balaban J connectivity index is 1.70. The van der Waals surface area contributed by atoms with Crippen LogP contribution < -0.4 is 5.32 Å². The summed E-state index contributed by atoms with van der Waals surface area (Å²) in [5.74, 6) is 0.989. The summed E-state index contributed by atoms with van der Waals surface area (Å²) in [7, 11) is 0. The smallest absolute Gasteiger partial charge is 0.104 e. The predicted octanol–water partition coefficient (Wildman–Crippen LogP) is 2.17. The van der Waals surface area contributed by atoms with Crippen LogP contribution in [0.3, 0.4) is 0 Å². The highest BCUT2D eigenvalue weighted by atomic mass is 14.9. The topological polar surface area (TPSA) is 40.7 Å². The summed E-state index contributed by atoms with van der Waals surface area (Å²) in [6.45, 7) is 3.08. The van der Waals surface area contributed by atoms with Crippen LogP contribution in [0.15, 0.2) is 18.2 Å². The van der Waals surface area contributed by atoms with E-state index >= 15 is 0 Å². The molecule has 1 aromatic heterocycles. The average molecular weight is 215 g/mol. The molecule has 1 aliphatic carbocycles. The van der Waals surface area contributed by atoms with Crippen LogP contribution in [0.4, 0.5) is 0 Å². The molecule has 0 saturated heterocycles. The normalized spacial score (nSPS) is 15.8. The highest BCUT2D eigenvalue weighted by molar-refractivity contribution is 5.75. The van der Waals surface area contributed by atoms with Crippen molar-refractivity contribution in [2.45, 2.75) is 32.2 Å². The molecule has 0 bridgehead atoms. The summed E-state index contributed by atoms with van der Waals surface area (Å²) in [4.78, 5) is 7.68. The van der Waals surface area contributed by atoms with E-state index in [1.807, 2.05) is 6.92 Å². The van der Waals surface area contributed by atoms with Crippen LogP contribution in [-0.4, -0.2) is 22.6 Å². The first kappa shape index (κ1) is 9.85. The van der Waals surface area contributed by atoms with Gasteiger partial charge in [0.15, 0.2) is 0 Å². The Bertz CT molecular complexity index is 497. The maximum absolute atomic E-state index is 4.40. The number of aryl methyl sites for hydroxylation is 1. The van der Waals surface area contributed by atoms with E-state index in [2.05, 4.69) is 33.5 Å². The minimum Gasteiger partial charge on any atom is -0.342 e. The summed E-state index contributed by atoms with van der Waals surface area (Å²) >= 11 is 0. The van der Waals surface area contributed by atoms with Crippen molar-refractivity contribution in [3.8, 4) is 0 Å². The Hall–Kier alpha value is -1.35. The third kappa shape index (κ3) is 2.09. The van der Waals surface area contributed by atoms with Gasteiger partial charge in [0.05, 0.1) is 11.0 Å². The Morgan fingerprint density at radius 1 is 1.44 bits per heavy atom. The van der Waals surface area contributed by atoms with Crippen molar-refractivity contribution in [3.05, 3.63) is 29.6 Å². The zero-order valence-electron chi connectivity index (χ0n) is 9.59. The molecule has 0 radical (unpaired) electrons. The first-order valence-electron chi connectivity index (χ1n) is 6.00. The van der Waals surface area contributed by atoms with Crippen molar-refractivity contribution >= 4 is 11.0 Å². The van der Waals surface area contributed by atoms with Crippen LogP contribution in [0.2, 0.25) is 0 Å². The number of imidazole rings is 1. The first-order chi connectivity index (χ1) is 7.81.